The fourth-order valence-electron chi connectivity index (χ4n) is 3.89. The van der Waals surface area contributed by atoms with Gasteiger partial charge < -0.3 is 10.1 Å². The molecule has 1 saturated heterocycles. The van der Waals surface area contributed by atoms with E-state index in [2.05, 4.69) is 11.4 Å². The number of nitrogens with zero attached hydrogens (tertiary/aromatic N) is 3. The zero-order chi connectivity index (χ0) is 25.7. The van der Waals surface area contributed by atoms with Crippen molar-refractivity contribution in [2.45, 2.75) is 59.7 Å². The van der Waals surface area contributed by atoms with Crippen molar-refractivity contribution in [2.75, 3.05) is 12.4 Å². The Bertz CT molecular complexity index is 1260. The molecule has 1 N–H and O–H groups in total. The first-order valence-electron chi connectivity index (χ1n) is 11.6. The van der Waals surface area contributed by atoms with E-state index in [1.54, 1.807) is 29.6 Å². The van der Waals surface area contributed by atoms with Crippen molar-refractivity contribution in [3.8, 4) is 11.8 Å². The number of carbonyl (C=O) groups excluding carboxylic acids is 1. The van der Waals surface area contributed by atoms with Crippen LogP contribution in [-0.2, 0) is 17.9 Å². The van der Waals surface area contributed by atoms with E-state index in [0.717, 1.165) is 17.7 Å². The molecule has 1 aromatic carbocycles. The quantitative estimate of drug-likeness (QED) is 0.373. The number of carbonyl (C=O) groups is 1. The van der Waals surface area contributed by atoms with Gasteiger partial charge in [0.1, 0.15) is 27.5 Å². The van der Waals surface area contributed by atoms with Gasteiger partial charge in [0.25, 0.3) is 11.5 Å². The maximum absolute atomic E-state index is 13.2. The second-order valence-corrected chi connectivity index (χ2v) is 10.0. The van der Waals surface area contributed by atoms with Crippen molar-refractivity contribution in [1.82, 2.24) is 9.47 Å². The zero-order valence-corrected chi connectivity index (χ0v) is 22.3. The lowest BCUT2D eigenvalue weighted by atomic mass is 10.0. The Morgan fingerprint density at radius 2 is 1.94 bits per heavy atom. The van der Waals surface area contributed by atoms with Crippen molar-refractivity contribution in [2.24, 2.45) is 0 Å². The molecular formula is C26H30N4O3S2. The van der Waals surface area contributed by atoms with Crippen molar-refractivity contribution in [3.05, 3.63) is 61.8 Å². The van der Waals surface area contributed by atoms with Gasteiger partial charge in [-0.05, 0) is 56.0 Å². The summed E-state index contributed by atoms with van der Waals surface area (Å²) in [7, 11) is 1.62. The number of nitrogens with one attached hydrogen (secondary N) is 1. The molecule has 1 unspecified atom stereocenters. The summed E-state index contributed by atoms with van der Waals surface area (Å²) in [6, 6.07) is 9.70. The van der Waals surface area contributed by atoms with Crippen LogP contribution in [0.5, 0.6) is 5.75 Å². The average Bonchev–Trinajstić information content (AvgIpc) is 3.14. The average molecular weight is 511 g/mol. The van der Waals surface area contributed by atoms with Gasteiger partial charge in [-0.3, -0.25) is 19.1 Å². The second kappa shape index (κ2) is 11.6. The first-order valence-corrected chi connectivity index (χ1v) is 12.8. The van der Waals surface area contributed by atoms with Crippen molar-refractivity contribution in [1.29, 1.82) is 5.26 Å². The van der Waals surface area contributed by atoms with Crippen LogP contribution in [0, 0.1) is 18.3 Å². The van der Waals surface area contributed by atoms with Gasteiger partial charge in [0, 0.05) is 24.7 Å². The molecule has 1 fully saturated rings. The lowest BCUT2D eigenvalue weighted by Crippen LogP contribution is -2.36. The molecule has 7 nitrogen and oxygen atoms in total. The normalized spacial score (nSPS) is 15.4. The van der Waals surface area contributed by atoms with E-state index in [1.807, 2.05) is 45.0 Å². The third kappa shape index (κ3) is 5.44. The molecule has 1 amide bonds. The maximum Gasteiger partial charge on any atom is 0.270 e. The minimum atomic E-state index is -0.339. The number of rotatable bonds is 9. The Labute approximate surface area is 215 Å². The number of ether oxygens (including phenoxy) is 1. The van der Waals surface area contributed by atoms with E-state index >= 15 is 0 Å². The van der Waals surface area contributed by atoms with Crippen LogP contribution in [-0.4, -0.2) is 32.8 Å². The van der Waals surface area contributed by atoms with Crippen LogP contribution in [0.15, 0.2) is 34.0 Å². The van der Waals surface area contributed by atoms with Crippen LogP contribution < -0.4 is 15.6 Å². The molecule has 1 aliphatic heterocycles. The number of methoxy groups -OCH3 is 1. The maximum atomic E-state index is 13.2. The minimum absolute atomic E-state index is 0.00845. The number of thiocarbonyl (C=S) groups is 1. The Morgan fingerprint density at radius 1 is 1.26 bits per heavy atom. The SMILES string of the molecule is CCCn1c(NCc2ccc(OC)cc2)c(/C=C2/SC(=S)N(C(C)CC)C2=O)c(C)c(C#N)c1=O. The van der Waals surface area contributed by atoms with E-state index in [1.165, 1.54) is 11.8 Å². The molecule has 184 valence electrons. The van der Waals surface area contributed by atoms with E-state index < -0.39 is 0 Å². The zero-order valence-electron chi connectivity index (χ0n) is 20.7. The first kappa shape index (κ1) is 26.5. The summed E-state index contributed by atoms with van der Waals surface area (Å²) in [5, 5.41) is 13.1. The molecule has 2 aromatic rings. The van der Waals surface area contributed by atoms with Gasteiger partial charge in [-0.1, -0.05) is 50.0 Å². The standard InChI is InChI=1S/C26H30N4O3S2/c1-6-12-29-23(28-15-18-8-10-19(33-5)11-9-18)20(17(4)21(14-27)24(29)31)13-22-25(32)30(16(3)7-2)26(34)35-22/h8-11,13,16,28H,6-7,12,15H2,1-5H3/b22-13+. The smallest absolute Gasteiger partial charge is 0.270 e. The molecule has 2 heterocycles. The number of hydrogen-bond acceptors (Lipinski definition) is 7. The summed E-state index contributed by atoms with van der Waals surface area (Å²) < 4.78 is 7.34. The predicted octanol–water partition coefficient (Wildman–Crippen LogP) is 5.06. The largest absolute Gasteiger partial charge is 0.497 e. The van der Waals surface area contributed by atoms with Gasteiger partial charge in [0.15, 0.2) is 0 Å². The first-order chi connectivity index (χ1) is 16.8. The fourth-order valence-corrected chi connectivity index (χ4v) is 5.34. The fraction of sp³-hybridized carbons (Fsp3) is 0.385. The highest BCUT2D eigenvalue weighted by atomic mass is 32.2. The molecule has 0 saturated carbocycles. The van der Waals surface area contributed by atoms with Crippen LogP contribution in [0.3, 0.4) is 0 Å². The highest BCUT2D eigenvalue weighted by molar-refractivity contribution is 8.26. The Balaban J connectivity index is 2.13. The minimum Gasteiger partial charge on any atom is -0.497 e. The summed E-state index contributed by atoms with van der Waals surface area (Å²) in [6.45, 7) is 8.59. The summed E-state index contributed by atoms with van der Waals surface area (Å²) in [5.41, 5.74) is 1.92. The molecule has 0 radical (unpaired) electrons. The van der Waals surface area contributed by atoms with Crippen LogP contribution in [0.1, 0.15) is 55.9 Å². The number of pyridine rings is 1. The van der Waals surface area contributed by atoms with Gasteiger partial charge in [-0.15, -0.1) is 0 Å². The highest BCUT2D eigenvalue weighted by Crippen LogP contribution is 2.36. The number of nitriles is 1. The molecular weight excluding hydrogens is 480 g/mol. The summed E-state index contributed by atoms with van der Waals surface area (Å²) in [5.74, 6) is 1.19. The Kier molecular flexibility index (Phi) is 8.76. The topological polar surface area (TPSA) is 87.4 Å². The number of thioether (sulfide) groups is 1. The lowest BCUT2D eigenvalue weighted by molar-refractivity contribution is -0.123. The summed E-state index contributed by atoms with van der Waals surface area (Å²) in [6.07, 6.45) is 3.26. The van der Waals surface area contributed by atoms with Gasteiger partial charge in [-0.25, -0.2) is 0 Å². The number of amides is 1. The van der Waals surface area contributed by atoms with E-state index in [4.69, 9.17) is 17.0 Å². The molecule has 1 aromatic heterocycles. The Hall–Kier alpha value is -3.09. The molecule has 3 rings (SSSR count). The van der Waals surface area contributed by atoms with E-state index in [-0.39, 0.29) is 23.1 Å². The van der Waals surface area contributed by atoms with Crippen molar-refractivity contribution >= 4 is 46.1 Å². The van der Waals surface area contributed by atoms with E-state index in [0.29, 0.717) is 45.7 Å². The number of aromatic nitrogens is 1. The van der Waals surface area contributed by atoms with Gasteiger partial charge in [0.05, 0.1) is 12.0 Å². The van der Waals surface area contributed by atoms with Gasteiger partial charge in [0.2, 0.25) is 0 Å². The van der Waals surface area contributed by atoms with Crippen molar-refractivity contribution < 1.29 is 9.53 Å². The summed E-state index contributed by atoms with van der Waals surface area (Å²) >= 11 is 6.74. The molecule has 0 aliphatic carbocycles. The molecule has 9 heteroatoms. The van der Waals surface area contributed by atoms with Gasteiger partial charge >= 0.3 is 0 Å². The molecule has 35 heavy (non-hydrogen) atoms. The summed E-state index contributed by atoms with van der Waals surface area (Å²) in [4.78, 5) is 28.5. The van der Waals surface area contributed by atoms with Crippen molar-refractivity contribution in [3.63, 3.8) is 0 Å². The van der Waals surface area contributed by atoms with Crippen LogP contribution in [0.25, 0.3) is 6.08 Å². The molecule has 1 aliphatic rings. The highest BCUT2D eigenvalue weighted by Gasteiger charge is 2.35. The number of hydrogen-bond donors (Lipinski definition) is 1. The third-order valence-corrected chi connectivity index (χ3v) is 7.40. The third-order valence-electron chi connectivity index (χ3n) is 6.07. The molecule has 1 atom stereocenters. The lowest BCUT2D eigenvalue weighted by Gasteiger charge is -2.21. The van der Waals surface area contributed by atoms with Crippen LogP contribution in [0.4, 0.5) is 5.82 Å². The second-order valence-electron chi connectivity index (χ2n) is 8.34. The molecule has 0 bridgehead atoms. The number of anilines is 1. The van der Waals surface area contributed by atoms with Gasteiger partial charge in [-0.2, -0.15) is 5.26 Å². The number of benzene rings is 1. The Morgan fingerprint density at radius 3 is 2.51 bits per heavy atom. The van der Waals surface area contributed by atoms with E-state index in [9.17, 15) is 14.9 Å². The van der Waals surface area contributed by atoms with Crippen LogP contribution >= 0.6 is 24.0 Å². The predicted molar refractivity (Wildman–Crippen MR) is 146 cm³/mol. The van der Waals surface area contributed by atoms with Crippen LogP contribution in [0.2, 0.25) is 0 Å². The monoisotopic (exact) mass is 510 g/mol. The molecule has 0 spiro atoms.